The first-order valence-electron chi connectivity index (χ1n) is 10.6. The quantitative estimate of drug-likeness (QED) is 0.177. The predicted octanol–water partition coefficient (Wildman–Crippen LogP) is 4.05. The van der Waals surface area contributed by atoms with E-state index in [4.69, 9.17) is 20.9 Å². The fourth-order valence-corrected chi connectivity index (χ4v) is 4.71. The normalized spacial score (nSPS) is 13.1. The van der Waals surface area contributed by atoms with Crippen LogP contribution < -0.4 is 11.5 Å². The third-order valence-corrected chi connectivity index (χ3v) is 6.69. The Bertz CT molecular complexity index is 400. The van der Waals surface area contributed by atoms with Crippen molar-refractivity contribution in [3.05, 3.63) is 0 Å². The minimum Gasteiger partial charge on any atom is -0.465 e. The number of unbranched alkanes of at least 4 members (excludes halogenated alkanes) is 9. The van der Waals surface area contributed by atoms with E-state index in [0.717, 1.165) is 12.8 Å². The molecule has 0 saturated heterocycles. The Morgan fingerprint density at radius 3 is 1.61 bits per heavy atom. The molecule has 0 aromatic carbocycles. The molecule has 0 aliphatic rings. The highest BCUT2D eigenvalue weighted by Gasteiger charge is 2.17. The van der Waals surface area contributed by atoms with E-state index >= 15 is 0 Å². The molecule has 8 heteroatoms. The molecule has 28 heavy (non-hydrogen) atoms. The summed E-state index contributed by atoms with van der Waals surface area (Å²) >= 11 is 0. The number of carbonyl (C=O) groups excluding carboxylic acids is 2. The molecule has 2 atom stereocenters. The summed E-state index contributed by atoms with van der Waals surface area (Å²) in [5, 5.41) is 0. The summed E-state index contributed by atoms with van der Waals surface area (Å²) in [6.45, 7) is 4.74. The van der Waals surface area contributed by atoms with E-state index in [2.05, 4.69) is 6.92 Å². The molecule has 0 aromatic rings. The van der Waals surface area contributed by atoms with Crippen LogP contribution in [0, 0.1) is 0 Å². The van der Waals surface area contributed by atoms with Crippen molar-refractivity contribution in [2.75, 3.05) is 24.7 Å². The molecule has 0 fully saturated rings. The highest BCUT2D eigenvalue weighted by molar-refractivity contribution is 8.76. The van der Waals surface area contributed by atoms with Gasteiger partial charge in [-0.05, 0) is 13.3 Å². The molecule has 0 heterocycles. The highest BCUT2D eigenvalue weighted by Crippen LogP contribution is 2.22. The lowest BCUT2D eigenvalue weighted by molar-refractivity contribution is -0.145. The van der Waals surface area contributed by atoms with E-state index in [1.807, 2.05) is 0 Å². The Morgan fingerprint density at radius 1 is 0.714 bits per heavy atom. The first-order chi connectivity index (χ1) is 13.5. The van der Waals surface area contributed by atoms with Gasteiger partial charge in [0.25, 0.3) is 0 Å². The van der Waals surface area contributed by atoms with E-state index in [0.29, 0.717) is 24.7 Å². The van der Waals surface area contributed by atoms with E-state index in [9.17, 15) is 9.59 Å². The fraction of sp³-hybridized carbons (Fsp3) is 0.900. The number of rotatable bonds is 19. The largest absolute Gasteiger partial charge is 0.465 e. The molecule has 0 aromatic heterocycles. The summed E-state index contributed by atoms with van der Waals surface area (Å²) in [6.07, 6.45) is 12.5. The summed E-state index contributed by atoms with van der Waals surface area (Å²) in [6, 6.07) is -1.31. The van der Waals surface area contributed by atoms with E-state index in [1.165, 1.54) is 73.0 Å². The third kappa shape index (κ3) is 16.5. The zero-order valence-corrected chi connectivity index (χ0v) is 19.3. The van der Waals surface area contributed by atoms with Gasteiger partial charge in [-0.3, -0.25) is 9.59 Å². The highest BCUT2D eigenvalue weighted by atomic mass is 33.1. The molecule has 0 bridgehead atoms. The summed E-state index contributed by atoms with van der Waals surface area (Å²) in [7, 11) is 2.83. The van der Waals surface area contributed by atoms with Gasteiger partial charge in [0.05, 0.1) is 13.2 Å². The standard InChI is InChI=1S/C20H40N2O4S2/c1-3-5-6-7-8-9-10-11-12-13-14-26-20(24)18(22)16-28-27-15-17(21)19(23)25-4-2/h17-18H,3-16,21-22H2,1-2H3/t17?,18-/m0/s1. The third-order valence-electron chi connectivity index (χ3n) is 4.21. The van der Waals surface area contributed by atoms with E-state index < -0.39 is 18.1 Å². The van der Waals surface area contributed by atoms with Gasteiger partial charge in [-0.1, -0.05) is 86.3 Å². The fourth-order valence-electron chi connectivity index (χ4n) is 2.50. The van der Waals surface area contributed by atoms with Crippen LogP contribution >= 0.6 is 21.6 Å². The molecule has 0 amide bonds. The molecule has 1 unspecified atom stereocenters. The van der Waals surface area contributed by atoms with Gasteiger partial charge in [0.2, 0.25) is 0 Å². The second-order valence-electron chi connectivity index (χ2n) is 6.88. The van der Waals surface area contributed by atoms with Gasteiger partial charge >= 0.3 is 11.9 Å². The van der Waals surface area contributed by atoms with Crippen LogP contribution in [0.1, 0.15) is 78.1 Å². The monoisotopic (exact) mass is 436 g/mol. The number of carbonyl (C=O) groups is 2. The maximum Gasteiger partial charge on any atom is 0.323 e. The van der Waals surface area contributed by atoms with Crippen LogP contribution in [-0.2, 0) is 19.1 Å². The Hall–Kier alpha value is -0.440. The summed E-state index contributed by atoms with van der Waals surface area (Å²) in [5.41, 5.74) is 11.5. The summed E-state index contributed by atoms with van der Waals surface area (Å²) < 4.78 is 10.1. The lowest BCUT2D eigenvalue weighted by atomic mass is 10.1. The second-order valence-corrected chi connectivity index (χ2v) is 9.44. The van der Waals surface area contributed by atoms with Gasteiger partial charge in [0, 0.05) is 11.5 Å². The molecule has 4 N–H and O–H groups in total. The first-order valence-corrected chi connectivity index (χ1v) is 13.1. The molecule has 0 aliphatic heterocycles. The molecule has 6 nitrogen and oxygen atoms in total. The average molecular weight is 437 g/mol. The van der Waals surface area contributed by atoms with Gasteiger partial charge < -0.3 is 20.9 Å². The lowest BCUT2D eigenvalue weighted by Gasteiger charge is -2.12. The number of hydrogen-bond donors (Lipinski definition) is 2. The van der Waals surface area contributed by atoms with Gasteiger partial charge in [-0.2, -0.15) is 0 Å². The van der Waals surface area contributed by atoms with Gasteiger partial charge in [0.1, 0.15) is 12.1 Å². The van der Waals surface area contributed by atoms with Crippen LogP contribution in [0.3, 0.4) is 0 Å². The van der Waals surface area contributed by atoms with Crippen molar-refractivity contribution in [1.82, 2.24) is 0 Å². The minimum absolute atomic E-state index is 0.320. The van der Waals surface area contributed by atoms with Crippen molar-refractivity contribution >= 4 is 33.5 Å². The Kier molecular flexibility index (Phi) is 19.5. The van der Waals surface area contributed by atoms with E-state index in [1.54, 1.807) is 6.92 Å². The Morgan fingerprint density at radius 2 is 1.14 bits per heavy atom. The van der Waals surface area contributed by atoms with Crippen molar-refractivity contribution in [3.8, 4) is 0 Å². The van der Waals surface area contributed by atoms with Crippen LogP contribution in [0.2, 0.25) is 0 Å². The van der Waals surface area contributed by atoms with Crippen LogP contribution in [0.25, 0.3) is 0 Å². The summed E-state index contributed by atoms with van der Waals surface area (Å²) in [4.78, 5) is 23.2. The van der Waals surface area contributed by atoms with E-state index in [-0.39, 0.29) is 5.97 Å². The molecule has 0 radical (unpaired) electrons. The lowest BCUT2D eigenvalue weighted by Crippen LogP contribution is -2.35. The van der Waals surface area contributed by atoms with Crippen molar-refractivity contribution in [3.63, 3.8) is 0 Å². The number of nitrogens with two attached hydrogens (primary N) is 2. The molecular weight excluding hydrogens is 396 g/mol. The topological polar surface area (TPSA) is 105 Å². The number of hydrogen-bond acceptors (Lipinski definition) is 8. The van der Waals surface area contributed by atoms with Gasteiger partial charge in [-0.25, -0.2) is 0 Å². The van der Waals surface area contributed by atoms with Crippen LogP contribution in [0.4, 0.5) is 0 Å². The molecule has 0 aliphatic carbocycles. The van der Waals surface area contributed by atoms with Crippen molar-refractivity contribution in [2.24, 2.45) is 11.5 Å². The predicted molar refractivity (Wildman–Crippen MR) is 120 cm³/mol. The van der Waals surface area contributed by atoms with Crippen LogP contribution in [0.15, 0.2) is 0 Å². The Labute approximate surface area is 179 Å². The zero-order chi connectivity index (χ0) is 21.0. The maximum atomic E-state index is 11.9. The number of esters is 2. The molecule has 166 valence electrons. The Balaban J connectivity index is 3.50. The van der Waals surface area contributed by atoms with Crippen LogP contribution in [0.5, 0.6) is 0 Å². The molecule has 0 saturated carbocycles. The molecule has 0 rings (SSSR count). The smallest absolute Gasteiger partial charge is 0.323 e. The van der Waals surface area contributed by atoms with Crippen molar-refractivity contribution < 1.29 is 19.1 Å². The number of ether oxygens (including phenoxy) is 2. The van der Waals surface area contributed by atoms with Crippen molar-refractivity contribution in [1.29, 1.82) is 0 Å². The average Bonchev–Trinajstić information content (AvgIpc) is 2.68. The second kappa shape index (κ2) is 19.9. The first kappa shape index (κ1) is 27.6. The van der Waals surface area contributed by atoms with Crippen molar-refractivity contribution in [2.45, 2.75) is 90.1 Å². The minimum atomic E-state index is -0.656. The molecular formula is C20H40N2O4S2. The SMILES string of the molecule is CCCCCCCCCCCCOC(=O)[C@@H](N)CSSCC(N)C(=O)OCC. The maximum absolute atomic E-state index is 11.9. The van der Waals surface area contributed by atoms with Crippen LogP contribution in [-0.4, -0.2) is 48.7 Å². The van der Waals surface area contributed by atoms with Gasteiger partial charge in [0.15, 0.2) is 0 Å². The zero-order valence-electron chi connectivity index (χ0n) is 17.7. The van der Waals surface area contributed by atoms with Gasteiger partial charge in [-0.15, -0.1) is 0 Å². The molecule has 0 spiro atoms. The summed E-state index contributed by atoms with van der Waals surface area (Å²) in [5.74, 6) is 0.0792.